The van der Waals surface area contributed by atoms with Crippen molar-refractivity contribution in [2.24, 2.45) is 0 Å². The van der Waals surface area contributed by atoms with Gasteiger partial charge in [0, 0.05) is 18.0 Å². The molecule has 0 bridgehead atoms. The van der Waals surface area contributed by atoms with Crippen LogP contribution in [0.25, 0.3) is 0 Å². The van der Waals surface area contributed by atoms with E-state index in [2.05, 4.69) is 23.3 Å². The molecular formula is C10H20Cl2N2. The zero-order valence-corrected chi connectivity index (χ0v) is 10.6. The Morgan fingerprint density at radius 2 is 2.07 bits per heavy atom. The van der Waals surface area contributed by atoms with Gasteiger partial charge in [-0.25, -0.2) is 0 Å². The molecule has 0 spiro atoms. The van der Waals surface area contributed by atoms with E-state index in [1.165, 1.54) is 19.3 Å². The van der Waals surface area contributed by atoms with Crippen molar-refractivity contribution in [2.75, 3.05) is 26.2 Å². The topological polar surface area (TPSA) is 6.25 Å². The molecule has 1 rings (SSSR count). The number of amidine groups is 1. The van der Waals surface area contributed by atoms with E-state index in [1.54, 1.807) is 0 Å². The van der Waals surface area contributed by atoms with Gasteiger partial charge in [-0.3, -0.25) is 9.48 Å². The Morgan fingerprint density at radius 3 is 2.64 bits per heavy atom. The third kappa shape index (κ3) is 3.66. The zero-order chi connectivity index (χ0) is 9.68. The van der Waals surface area contributed by atoms with Crippen molar-refractivity contribution in [1.82, 2.24) is 4.90 Å². The minimum Gasteiger partial charge on any atom is -1.00 e. The molecule has 0 aromatic rings. The summed E-state index contributed by atoms with van der Waals surface area (Å²) in [6, 6.07) is 0. The van der Waals surface area contributed by atoms with Gasteiger partial charge < -0.3 is 12.4 Å². The van der Waals surface area contributed by atoms with Crippen LogP contribution < -0.4 is 12.4 Å². The number of nitrogens with zero attached hydrogens (tertiary/aromatic N) is 2. The molecule has 84 valence electrons. The van der Waals surface area contributed by atoms with Crippen LogP contribution in [-0.4, -0.2) is 40.9 Å². The first-order valence-corrected chi connectivity index (χ1v) is 5.69. The lowest BCUT2D eigenvalue weighted by atomic mass is 10.3. The largest absolute Gasteiger partial charge is 1.00 e. The average molecular weight is 239 g/mol. The van der Waals surface area contributed by atoms with Crippen LogP contribution in [0.4, 0.5) is 0 Å². The smallest absolute Gasteiger partial charge is 0.345 e. The second-order valence-corrected chi connectivity index (χ2v) is 3.93. The van der Waals surface area contributed by atoms with Gasteiger partial charge in [0.1, 0.15) is 0 Å². The standard InChI is InChI=1S/C10H20ClN2.ClH/c1-3-6-12-8-5-9-13(7-4-2)10(12)11;/h3-9H2,1-2H3;1H/q+1;/p-1. The van der Waals surface area contributed by atoms with Crippen LogP contribution in [0.5, 0.6) is 0 Å². The molecule has 0 atom stereocenters. The Bertz CT molecular complexity index is 193. The first-order chi connectivity index (χ1) is 6.29. The fraction of sp³-hybridized carbons (Fsp3) is 0.900. The lowest BCUT2D eigenvalue weighted by molar-refractivity contribution is -0.535. The van der Waals surface area contributed by atoms with Crippen molar-refractivity contribution in [3.05, 3.63) is 0 Å². The van der Waals surface area contributed by atoms with Crippen molar-refractivity contribution < 1.29 is 17.0 Å². The summed E-state index contributed by atoms with van der Waals surface area (Å²) >= 11 is 6.27. The van der Waals surface area contributed by atoms with Crippen LogP contribution >= 0.6 is 11.6 Å². The second-order valence-electron chi connectivity index (χ2n) is 3.60. The molecule has 0 saturated heterocycles. The summed E-state index contributed by atoms with van der Waals surface area (Å²) in [7, 11) is 0. The third-order valence-electron chi connectivity index (χ3n) is 2.36. The summed E-state index contributed by atoms with van der Waals surface area (Å²) < 4.78 is 2.29. The molecule has 1 aliphatic heterocycles. The number of hydrogen-bond acceptors (Lipinski definition) is 1. The quantitative estimate of drug-likeness (QED) is 0.456. The fourth-order valence-corrected chi connectivity index (χ4v) is 2.12. The Labute approximate surface area is 98.3 Å². The molecule has 0 unspecified atom stereocenters. The van der Waals surface area contributed by atoms with Gasteiger partial charge in [-0.1, -0.05) is 13.8 Å². The lowest BCUT2D eigenvalue weighted by Crippen LogP contribution is -3.00. The van der Waals surface area contributed by atoms with Crippen LogP contribution in [0.1, 0.15) is 33.1 Å². The summed E-state index contributed by atoms with van der Waals surface area (Å²) in [5, 5.41) is 0.968. The summed E-state index contributed by atoms with van der Waals surface area (Å²) in [6.07, 6.45) is 3.60. The number of hydrogen-bond donors (Lipinski definition) is 0. The Morgan fingerprint density at radius 1 is 1.36 bits per heavy atom. The highest BCUT2D eigenvalue weighted by Gasteiger charge is 2.24. The number of rotatable bonds is 4. The molecule has 2 nitrogen and oxygen atoms in total. The summed E-state index contributed by atoms with van der Waals surface area (Å²) in [6.45, 7) is 8.85. The summed E-state index contributed by atoms with van der Waals surface area (Å²) in [4.78, 5) is 2.29. The molecule has 14 heavy (non-hydrogen) atoms. The van der Waals surface area contributed by atoms with E-state index in [0.29, 0.717) is 0 Å². The molecule has 0 radical (unpaired) electrons. The van der Waals surface area contributed by atoms with Gasteiger partial charge in [-0.2, -0.15) is 0 Å². The fourth-order valence-electron chi connectivity index (χ4n) is 1.78. The van der Waals surface area contributed by atoms with Crippen LogP contribution in [0.2, 0.25) is 0 Å². The Kier molecular flexibility index (Phi) is 7.38. The normalized spacial score (nSPS) is 16.9. The Balaban J connectivity index is 0.00000169. The molecule has 0 aromatic heterocycles. The summed E-state index contributed by atoms with van der Waals surface area (Å²) in [5.41, 5.74) is 0. The SMILES string of the molecule is CCCN1CCC[N+](CCC)=C1Cl.[Cl-]. The minimum atomic E-state index is 0. The van der Waals surface area contributed by atoms with Gasteiger partial charge in [-0.15, -0.1) is 0 Å². The van der Waals surface area contributed by atoms with Crippen molar-refractivity contribution in [2.45, 2.75) is 33.1 Å². The van der Waals surface area contributed by atoms with Gasteiger partial charge in [-0.05, 0) is 12.8 Å². The Hall–Kier alpha value is 0.0500. The molecule has 0 saturated carbocycles. The van der Waals surface area contributed by atoms with E-state index in [4.69, 9.17) is 11.6 Å². The monoisotopic (exact) mass is 238 g/mol. The highest BCUT2D eigenvalue weighted by Crippen LogP contribution is 2.07. The van der Waals surface area contributed by atoms with E-state index < -0.39 is 0 Å². The molecule has 0 aliphatic carbocycles. The van der Waals surface area contributed by atoms with Gasteiger partial charge in [0.05, 0.1) is 26.2 Å². The first kappa shape index (κ1) is 14.1. The molecule has 0 amide bonds. The maximum atomic E-state index is 6.27. The summed E-state index contributed by atoms with van der Waals surface area (Å²) in [5.74, 6) is 0. The van der Waals surface area contributed by atoms with Gasteiger partial charge >= 0.3 is 5.29 Å². The molecular weight excluding hydrogens is 219 g/mol. The van der Waals surface area contributed by atoms with Gasteiger partial charge in [0.25, 0.3) is 0 Å². The maximum absolute atomic E-state index is 6.27. The molecule has 1 aliphatic rings. The van der Waals surface area contributed by atoms with Crippen molar-refractivity contribution in [3.63, 3.8) is 0 Å². The van der Waals surface area contributed by atoms with E-state index in [1.807, 2.05) is 0 Å². The van der Waals surface area contributed by atoms with Crippen LogP contribution in [0.3, 0.4) is 0 Å². The van der Waals surface area contributed by atoms with E-state index >= 15 is 0 Å². The average Bonchev–Trinajstić information content (AvgIpc) is 2.13. The predicted octanol–water partition coefficient (Wildman–Crippen LogP) is -0.877. The molecule has 0 aromatic carbocycles. The highest BCUT2D eigenvalue weighted by atomic mass is 35.5. The van der Waals surface area contributed by atoms with Crippen LogP contribution in [0.15, 0.2) is 0 Å². The molecule has 0 fully saturated rings. The lowest BCUT2D eigenvalue weighted by Gasteiger charge is -2.23. The third-order valence-corrected chi connectivity index (χ3v) is 2.84. The highest BCUT2D eigenvalue weighted by molar-refractivity contribution is 6.63. The zero-order valence-electron chi connectivity index (χ0n) is 9.10. The van der Waals surface area contributed by atoms with E-state index in [-0.39, 0.29) is 12.4 Å². The maximum Gasteiger partial charge on any atom is 0.345 e. The van der Waals surface area contributed by atoms with Crippen molar-refractivity contribution >= 4 is 16.9 Å². The molecule has 1 heterocycles. The van der Waals surface area contributed by atoms with Crippen molar-refractivity contribution in [1.29, 1.82) is 0 Å². The van der Waals surface area contributed by atoms with Gasteiger partial charge in [0.2, 0.25) is 0 Å². The first-order valence-electron chi connectivity index (χ1n) is 5.32. The predicted molar refractivity (Wildman–Crippen MR) is 57.6 cm³/mol. The van der Waals surface area contributed by atoms with Gasteiger partial charge in [0.15, 0.2) is 0 Å². The molecule has 4 heteroatoms. The van der Waals surface area contributed by atoms with Crippen LogP contribution in [-0.2, 0) is 0 Å². The number of halogens is 2. The van der Waals surface area contributed by atoms with Crippen LogP contribution in [0, 0.1) is 0 Å². The minimum absolute atomic E-state index is 0. The van der Waals surface area contributed by atoms with Crippen molar-refractivity contribution in [3.8, 4) is 0 Å². The second kappa shape index (κ2) is 7.36. The van der Waals surface area contributed by atoms with E-state index in [0.717, 1.165) is 31.5 Å². The molecule has 0 N–H and O–H groups in total. The van der Waals surface area contributed by atoms with E-state index in [9.17, 15) is 0 Å².